The Morgan fingerprint density at radius 2 is 1.83 bits per heavy atom. The molecule has 5 heteroatoms. The Bertz CT molecular complexity index is 682. The maximum Gasteiger partial charge on any atom is 0.133 e. The number of piperazine rings is 1. The van der Waals surface area contributed by atoms with Crippen molar-refractivity contribution in [3.05, 3.63) is 64.1 Å². The summed E-state index contributed by atoms with van der Waals surface area (Å²) in [4.78, 5) is 2.48. The number of hydrogen-bond acceptors (Lipinski definition) is 4. The summed E-state index contributed by atoms with van der Waals surface area (Å²) in [7, 11) is 1.67. The molecule has 1 aliphatic heterocycles. The largest absolute Gasteiger partial charge is 0.496 e. The van der Waals surface area contributed by atoms with Crippen LogP contribution in [-0.4, -0.2) is 49.4 Å². The number of methoxy groups -OCH3 is 1. The van der Waals surface area contributed by atoms with Crippen molar-refractivity contribution in [2.75, 3.05) is 33.3 Å². The van der Waals surface area contributed by atoms with Crippen molar-refractivity contribution in [3.63, 3.8) is 0 Å². The molecule has 0 radical (unpaired) electrons. The molecule has 3 rings (SSSR count). The van der Waals surface area contributed by atoms with E-state index in [1.807, 2.05) is 24.4 Å². The van der Waals surface area contributed by atoms with Gasteiger partial charge in [0.1, 0.15) is 5.75 Å². The Morgan fingerprint density at radius 3 is 2.50 bits per heavy atom. The van der Waals surface area contributed by atoms with E-state index < -0.39 is 0 Å². The molecule has 0 N–H and O–H groups in total. The molecule has 0 bridgehead atoms. The molecule has 1 heterocycles. The van der Waals surface area contributed by atoms with Gasteiger partial charge in [-0.2, -0.15) is 5.10 Å². The van der Waals surface area contributed by atoms with E-state index in [4.69, 9.17) is 4.74 Å². The third-order valence-electron chi connectivity index (χ3n) is 4.14. The minimum absolute atomic E-state index is 0.835. The van der Waals surface area contributed by atoms with Crippen LogP contribution in [0.25, 0.3) is 0 Å². The van der Waals surface area contributed by atoms with Crippen molar-refractivity contribution < 1.29 is 4.74 Å². The van der Waals surface area contributed by atoms with Gasteiger partial charge >= 0.3 is 0 Å². The number of nitrogens with zero attached hydrogens (tertiary/aromatic N) is 3. The zero-order valence-electron chi connectivity index (χ0n) is 13.9. The molecule has 126 valence electrons. The van der Waals surface area contributed by atoms with Gasteiger partial charge in [0.05, 0.1) is 17.8 Å². The Hall–Kier alpha value is -1.85. The van der Waals surface area contributed by atoms with Gasteiger partial charge in [-0.3, -0.25) is 9.91 Å². The number of hydrogen-bond donors (Lipinski definition) is 0. The van der Waals surface area contributed by atoms with E-state index >= 15 is 0 Å². The Kier molecular flexibility index (Phi) is 5.88. The molecule has 1 saturated heterocycles. The molecule has 2 aromatic carbocycles. The van der Waals surface area contributed by atoms with E-state index in [-0.39, 0.29) is 0 Å². The highest BCUT2D eigenvalue weighted by Gasteiger charge is 2.15. The summed E-state index contributed by atoms with van der Waals surface area (Å²) in [6, 6.07) is 16.6. The second kappa shape index (κ2) is 8.31. The number of benzene rings is 2. The zero-order chi connectivity index (χ0) is 16.8. The minimum Gasteiger partial charge on any atom is -0.496 e. The van der Waals surface area contributed by atoms with Gasteiger partial charge in [-0.25, -0.2) is 0 Å². The van der Waals surface area contributed by atoms with E-state index in [2.05, 4.69) is 61.3 Å². The molecule has 0 atom stereocenters. The maximum absolute atomic E-state index is 5.25. The summed E-state index contributed by atoms with van der Waals surface area (Å²) in [6.07, 6.45) is 1.91. The highest BCUT2D eigenvalue weighted by Crippen LogP contribution is 2.24. The zero-order valence-corrected chi connectivity index (χ0v) is 15.4. The van der Waals surface area contributed by atoms with Gasteiger partial charge in [0.2, 0.25) is 0 Å². The van der Waals surface area contributed by atoms with E-state index in [1.165, 1.54) is 5.56 Å². The van der Waals surface area contributed by atoms with Crippen molar-refractivity contribution in [2.45, 2.75) is 6.54 Å². The molecule has 1 aliphatic rings. The molecular formula is C19H22BrN3O. The number of halogens is 1. The SMILES string of the molecule is COc1ccc(/C=N\N2CCN(Cc3ccccc3)CC2)cc1Br. The molecule has 0 saturated carbocycles. The third kappa shape index (κ3) is 4.58. The fourth-order valence-electron chi connectivity index (χ4n) is 2.76. The van der Waals surface area contributed by atoms with Crippen LogP contribution in [0.3, 0.4) is 0 Å². The quantitative estimate of drug-likeness (QED) is 0.733. The van der Waals surface area contributed by atoms with E-state index in [0.717, 1.165) is 48.5 Å². The molecule has 4 nitrogen and oxygen atoms in total. The lowest BCUT2D eigenvalue weighted by Gasteiger charge is -2.33. The van der Waals surface area contributed by atoms with Gasteiger partial charge in [0, 0.05) is 32.7 Å². The van der Waals surface area contributed by atoms with Crippen LogP contribution in [0.15, 0.2) is 58.1 Å². The lowest BCUT2D eigenvalue weighted by molar-refractivity contribution is 0.131. The van der Waals surface area contributed by atoms with Gasteiger partial charge in [0.15, 0.2) is 0 Å². The first-order chi connectivity index (χ1) is 11.7. The first-order valence-electron chi connectivity index (χ1n) is 8.13. The van der Waals surface area contributed by atoms with Crippen LogP contribution in [0.5, 0.6) is 5.75 Å². The molecular weight excluding hydrogens is 366 g/mol. The molecule has 0 unspecified atom stereocenters. The average Bonchev–Trinajstić information content (AvgIpc) is 2.62. The molecule has 0 spiro atoms. The Labute approximate surface area is 151 Å². The highest BCUT2D eigenvalue weighted by atomic mass is 79.9. The topological polar surface area (TPSA) is 28.1 Å². The van der Waals surface area contributed by atoms with Crippen molar-refractivity contribution in [1.82, 2.24) is 9.91 Å². The summed E-state index contributed by atoms with van der Waals surface area (Å²) in [5.74, 6) is 0.835. The first kappa shape index (κ1) is 17.0. The smallest absolute Gasteiger partial charge is 0.133 e. The van der Waals surface area contributed by atoms with Gasteiger partial charge in [0.25, 0.3) is 0 Å². The maximum atomic E-state index is 5.25. The van der Waals surface area contributed by atoms with E-state index in [0.29, 0.717) is 0 Å². The van der Waals surface area contributed by atoms with Crippen molar-refractivity contribution in [1.29, 1.82) is 0 Å². The second-order valence-corrected chi connectivity index (χ2v) is 6.71. The van der Waals surface area contributed by atoms with E-state index in [1.54, 1.807) is 7.11 Å². The lowest BCUT2D eigenvalue weighted by atomic mass is 10.2. The van der Waals surface area contributed by atoms with Gasteiger partial charge in [-0.1, -0.05) is 30.3 Å². The third-order valence-corrected chi connectivity index (χ3v) is 4.76. The van der Waals surface area contributed by atoms with Crippen LogP contribution in [0, 0.1) is 0 Å². The normalized spacial score (nSPS) is 15.8. The molecule has 0 aliphatic carbocycles. The van der Waals surface area contributed by atoms with Gasteiger partial charge in [-0.15, -0.1) is 0 Å². The molecule has 24 heavy (non-hydrogen) atoms. The van der Waals surface area contributed by atoms with Crippen molar-refractivity contribution in [2.24, 2.45) is 5.10 Å². The van der Waals surface area contributed by atoms with Crippen molar-refractivity contribution >= 4 is 22.1 Å². The van der Waals surface area contributed by atoms with Crippen LogP contribution in [0.1, 0.15) is 11.1 Å². The minimum atomic E-state index is 0.835. The monoisotopic (exact) mass is 387 g/mol. The summed E-state index contributed by atoms with van der Waals surface area (Å²) < 4.78 is 6.19. The van der Waals surface area contributed by atoms with Gasteiger partial charge < -0.3 is 4.74 Å². The van der Waals surface area contributed by atoms with Crippen LogP contribution in [-0.2, 0) is 6.54 Å². The average molecular weight is 388 g/mol. The fraction of sp³-hybridized carbons (Fsp3) is 0.316. The molecule has 2 aromatic rings. The summed E-state index contributed by atoms with van der Waals surface area (Å²) in [6.45, 7) is 5.02. The van der Waals surface area contributed by atoms with Gasteiger partial charge in [-0.05, 0) is 45.3 Å². The summed E-state index contributed by atoms with van der Waals surface area (Å²) in [5.41, 5.74) is 2.44. The Balaban J connectivity index is 1.51. The summed E-state index contributed by atoms with van der Waals surface area (Å²) >= 11 is 3.51. The van der Waals surface area contributed by atoms with Crippen LogP contribution in [0.4, 0.5) is 0 Å². The second-order valence-electron chi connectivity index (χ2n) is 5.85. The Morgan fingerprint density at radius 1 is 1.08 bits per heavy atom. The van der Waals surface area contributed by atoms with Crippen LogP contribution in [0.2, 0.25) is 0 Å². The van der Waals surface area contributed by atoms with Crippen LogP contribution >= 0.6 is 15.9 Å². The summed E-state index contributed by atoms with van der Waals surface area (Å²) in [5, 5.41) is 6.75. The number of hydrazone groups is 1. The van der Waals surface area contributed by atoms with Crippen LogP contribution < -0.4 is 4.74 Å². The highest BCUT2D eigenvalue weighted by molar-refractivity contribution is 9.10. The molecule has 0 amide bonds. The standard InChI is InChI=1S/C19H22BrN3O/c1-24-19-8-7-17(13-18(19)20)14-21-23-11-9-22(10-12-23)15-16-5-3-2-4-6-16/h2-8,13-14H,9-12,15H2,1H3/b21-14-. The number of rotatable bonds is 5. The number of ether oxygens (including phenoxy) is 1. The predicted octanol–water partition coefficient (Wildman–Crippen LogP) is 3.61. The predicted molar refractivity (Wildman–Crippen MR) is 102 cm³/mol. The first-order valence-corrected chi connectivity index (χ1v) is 8.92. The van der Waals surface area contributed by atoms with E-state index in [9.17, 15) is 0 Å². The molecule has 0 aromatic heterocycles. The van der Waals surface area contributed by atoms with Crippen molar-refractivity contribution in [3.8, 4) is 5.75 Å². The lowest BCUT2D eigenvalue weighted by Crippen LogP contribution is -2.43. The fourth-order valence-corrected chi connectivity index (χ4v) is 3.32. The molecule has 1 fully saturated rings.